The Morgan fingerprint density at radius 3 is 2.67 bits per heavy atom. The molecule has 2 aliphatic rings. The summed E-state index contributed by atoms with van der Waals surface area (Å²) in [4.78, 5) is 15.7. The third kappa shape index (κ3) is 4.41. The molecule has 5 heteroatoms. The summed E-state index contributed by atoms with van der Waals surface area (Å²) < 4.78 is 5.31. The highest BCUT2D eigenvalue weighted by molar-refractivity contribution is 6.03. The molecule has 30 heavy (non-hydrogen) atoms. The molecule has 0 aliphatic carbocycles. The van der Waals surface area contributed by atoms with E-state index in [9.17, 15) is 4.79 Å². The Labute approximate surface area is 179 Å². The molecule has 0 radical (unpaired) electrons. The van der Waals surface area contributed by atoms with Crippen LogP contribution in [-0.2, 0) is 4.79 Å². The predicted molar refractivity (Wildman–Crippen MR) is 120 cm³/mol. The molecule has 0 N–H and O–H groups in total. The number of hydrogen-bond donors (Lipinski definition) is 0. The molecule has 2 heterocycles. The van der Waals surface area contributed by atoms with Crippen molar-refractivity contribution in [1.82, 2.24) is 9.91 Å². The third-order valence-corrected chi connectivity index (χ3v) is 6.30. The van der Waals surface area contributed by atoms with Crippen molar-refractivity contribution in [3.63, 3.8) is 0 Å². The van der Waals surface area contributed by atoms with Gasteiger partial charge in [0.05, 0.1) is 25.4 Å². The standard InChI is InChI=1S/C25H31N3O2/c1-18-7-6-9-21(15-18)23-16-24(20-10-12-22(30-3)13-11-20)28(26-23)25(29)17-27-14-5-4-8-19(27)2/h6-7,9-13,15,19,24H,4-5,8,14,16-17H2,1-3H3/t19-,24-/m0/s1. The van der Waals surface area contributed by atoms with E-state index in [4.69, 9.17) is 9.84 Å². The highest BCUT2D eigenvalue weighted by Crippen LogP contribution is 2.34. The molecule has 5 nitrogen and oxygen atoms in total. The van der Waals surface area contributed by atoms with Crippen LogP contribution in [0.2, 0.25) is 0 Å². The average molecular weight is 406 g/mol. The molecule has 0 aromatic heterocycles. The molecule has 1 saturated heterocycles. The van der Waals surface area contributed by atoms with E-state index in [0.29, 0.717) is 12.6 Å². The first kappa shape index (κ1) is 20.6. The monoisotopic (exact) mass is 405 g/mol. The van der Waals surface area contributed by atoms with Gasteiger partial charge in [-0.15, -0.1) is 0 Å². The number of carbonyl (C=O) groups is 1. The van der Waals surface area contributed by atoms with Crippen molar-refractivity contribution in [2.45, 2.75) is 51.6 Å². The van der Waals surface area contributed by atoms with Crippen molar-refractivity contribution in [2.75, 3.05) is 20.2 Å². The Morgan fingerprint density at radius 2 is 1.97 bits per heavy atom. The lowest BCUT2D eigenvalue weighted by atomic mass is 9.97. The van der Waals surface area contributed by atoms with Gasteiger partial charge < -0.3 is 4.74 Å². The van der Waals surface area contributed by atoms with E-state index < -0.39 is 0 Å². The molecule has 2 aliphatic heterocycles. The summed E-state index contributed by atoms with van der Waals surface area (Å²) in [6.45, 7) is 5.72. The number of ether oxygens (including phenoxy) is 1. The van der Waals surface area contributed by atoms with Crippen LogP contribution in [0.3, 0.4) is 0 Å². The number of hydrazone groups is 1. The summed E-state index contributed by atoms with van der Waals surface area (Å²) in [5, 5.41) is 6.56. The Hall–Kier alpha value is -2.66. The molecular weight excluding hydrogens is 374 g/mol. The normalized spacial score (nSPS) is 22.1. The second kappa shape index (κ2) is 9.00. The summed E-state index contributed by atoms with van der Waals surface area (Å²) in [6, 6.07) is 16.7. The SMILES string of the molecule is COc1ccc([C@@H]2CC(c3cccc(C)c3)=NN2C(=O)CN2CCCC[C@@H]2C)cc1. The highest BCUT2D eigenvalue weighted by atomic mass is 16.5. The number of rotatable bonds is 5. The second-order valence-electron chi connectivity index (χ2n) is 8.46. The number of nitrogens with zero attached hydrogens (tertiary/aromatic N) is 3. The summed E-state index contributed by atoms with van der Waals surface area (Å²) in [7, 11) is 1.67. The van der Waals surface area contributed by atoms with Crippen molar-refractivity contribution in [2.24, 2.45) is 5.10 Å². The Bertz CT molecular complexity index is 922. The smallest absolute Gasteiger partial charge is 0.257 e. The van der Waals surface area contributed by atoms with Crippen molar-refractivity contribution < 1.29 is 9.53 Å². The van der Waals surface area contributed by atoms with Crippen molar-refractivity contribution in [3.8, 4) is 5.75 Å². The van der Waals surface area contributed by atoms with Gasteiger partial charge in [0.1, 0.15) is 5.75 Å². The average Bonchev–Trinajstić information content (AvgIpc) is 3.21. The number of amides is 1. The van der Waals surface area contributed by atoms with Gasteiger partial charge in [-0.05, 0) is 56.5 Å². The minimum atomic E-state index is -0.0842. The van der Waals surface area contributed by atoms with Crippen LogP contribution >= 0.6 is 0 Å². The molecule has 0 unspecified atom stereocenters. The predicted octanol–water partition coefficient (Wildman–Crippen LogP) is 4.56. The van der Waals surface area contributed by atoms with Crippen LogP contribution in [0.1, 0.15) is 55.3 Å². The van der Waals surface area contributed by atoms with Gasteiger partial charge in [-0.25, -0.2) is 5.01 Å². The number of aryl methyl sites for hydroxylation is 1. The zero-order valence-electron chi connectivity index (χ0n) is 18.2. The van der Waals surface area contributed by atoms with Gasteiger partial charge in [0.15, 0.2) is 0 Å². The maximum atomic E-state index is 13.4. The fraction of sp³-hybridized carbons (Fsp3) is 0.440. The molecule has 0 bridgehead atoms. The van der Waals surface area contributed by atoms with Gasteiger partial charge in [-0.2, -0.15) is 5.10 Å². The zero-order chi connectivity index (χ0) is 21.1. The van der Waals surface area contributed by atoms with E-state index in [1.807, 2.05) is 24.3 Å². The Morgan fingerprint density at radius 1 is 1.17 bits per heavy atom. The van der Waals surface area contributed by atoms with Crippen molar-refractivity contribution in [3.05, 3.63) is 65.2 Å². The number of piperidine rings is 1. The van der Waals surface area contributed by atoms with E-state index in [1.165, 1.54) is 12.0 Å². The lowest BCUT2D eigenvalue weighted by Gasteiger charge is -2.34. The largest absolute Gasteiger partial charge is 0.497 e. The Kier molecular flexibility index (Phi) is 6.18. The van der Waals surface area contributed by atoms with Crippen molar-refractivity contribution in [1.29, 1.82) is 0 Å². The van der Waals surface area contributed by atoms with E-state index in [1.54, 1.807) is 12.1 Å². The van der Waals surface area contributed by atoms with Crippen LogP contribution in [0.25, 0.3) is 0 Å². The number of likely N-dealkylation sites (tertiary alicyclic amines) is 1. The van der Waals surface area contributed by atoms with Crippen LogP contribution in [0.4, 0.5) is 0 Å². The molecule has 0 saturated carbocycles. The summed E-state index contributed by atoms with van der Waals surface area (Å²) >= 11 is 0. The summed E-state index contributed by atoms with van der Waals surface area (Å²) in [5.74, 6) is 0.892. The van der Waals surface area contributed by atoms with E-state index in [0.717, 1.165) is 48.4 Å². The van der Waals surface area contributed by atoms with Gasteiger partial charge in [0, 0.05) is 12.5 Å². The van der Waals surface area contributed by atoms with Gasteiger partial charge in [0.2, 0.25) is 0 Å². The quantitative estimate of drug-likeness (QED) is 0.733. The summed E-state index contributed by atoms with van der Waals surface area (Å²) in [6.07, 6.45) is 4.29. The van der Waals surface area contributed by atoms with Crippen LogP contribution in [0, 0.1) is 6.92 Å². The molecule has 2 aromatic rings. The molecule has 2 aromatic carbocycles. The highest BCUT2D eigenvalue weighted by Gasteiger charge is 2.34. The number of carbonyl (C=O) groups excluding carboxylic acids is 1. The maximum absolute atomic E-state index is 13.4. The fourth-order valence-electron chi connectivity index (χ4n) is 4.46. The number of methoxy groups -OCH3 is 1. The molecule has 158 valence electrons. The molecule has 4 rings (SSSR count). The number of benzene rings is 2. The van der Waals surface area contributed by atoms with Crippen LogP contribution in [-0.4, -0.2) is 47.8 Å². The number of hydrogen-bond acceptors (Lipinski definition) is 4. The topological polar surface area (TPSA) is 45.1 Å². The van der Waals surface area contributed by atoms with Crippen LogP contribution in [0.5, 0.6) is 5.75 Å². The molecular formula is C25H31N3O2. The van der Waals surface area contributed by atoms with Crippen LogP contribution < -0.4 is 4.74 Å². The van der Waals surface area contributed by atoms with Crippen LogP contribution in [0.15, 0.2) is 53.6 Å². The lowest BCUT2D eigenvalue weighted by Crippen LogP contribution is -2.44. The van der Waals surface area contributed by atoms with E-state index in [-0.39, 0.29) is 11.9 Å². The van der Waals surface area contributed by atoms with Gasteiger partial charge in [-0.3, -0.25) is 9.69 Å². The third-order valence-electron chi connectivity index (χ3n) is 6.30. The lowest BCUT2D eigenvalue weighted by molar-refractivity contribution is -0.135. The second-order valence-corrected chi connectivity index (χ2v) is 8.46. The summed E-state index contributed by atoms with van der Waals surface area (Å²) in [5.41, 5.74) is 4.35. The molecule has 1 amide bonds. The first-order chi connectivity index (χ1) is 14.5. The molecule has 1 fully saturated rings. The van der Waals surface area contributed by atoms with Gasteiger partial charge in [-0.1, -0.05) is 48.4 Å². The molecule has 0 spiro atoms. The zero-order valence-corrected chi connectivity index (χ0v) is 18.2. The van der Waals surface area contributed by atoms with Gasteiger partial charge >= 0.3 is 0 Å². The minimum absolute atomic E-state index is 0.0761. The first-order valence-corrected chi connectivity index (χ1v) is 10.9. The first-order valence-electron chi connectivity index (χ1n) is 10.9. The van der Waals surface area contributed by atoms with Crippen molar-refractivity contribution >= 4 is 11.6 Å². The van der Waals surface area contributed by atoms with Gasteiger partial charge in [0.25, 0.3) is 5.91 Å². The van der Waals surface area contributed by atoms with E-state index in [2.05, 4.69) is 43.0 Å². The minimum Gasteiger partial charge on any atom is -0.497 e. The fourth-order valence-corrected chi connectivity index (χ4v) is 4.46. The molecule has 2 atom stereocenters. The maximum Gasteiger partial charge on any atom is 0.257 e. The van der Waals surface area contributed by atoms with E-state index >= 15 is 0 Å². The Balaban J connectivity index is 1.61.